The molecule has 0 aliphatic carbocycles. The molecule has 1 atom stereocenters. The fourth-order valence-corrected chi connectivity index (χ4v) is 4.15. The molecule has 6 heteroatoms. The number of amides is 1. The van der Waals surface area contributed by atoms with Gasteiger partial charge in [0.15, 0.2) is 0 Å². The average Bonchev–Trinajstić information content (AvgIpc) is 3.39. The van der Waals surface area contributed by atoms with Gasteiger partial charge in [-0.05, 0) is 25.1 Å². The van der Waals surface area contributed by atoms with Crippen molar-refractivity contribution in [2.45, 2.75) is 19.4 Å². The minimum Gasteiger partial charge on any atom is -0.384 e. The van der Waals surface area contributed by atoms with Crippen molar-refractivity contribution in [1.29, 1.82) is 0 Å². The van der Waals surface area contributed by atoms with Gasteiger partial charge < -0.3 is 14.6 Å². The number of hydrogen-bond acceptors (Lipinski definition) is 4. The van der Waals surface area contributed by atoms with Gasteiger partial charge in [-0.3, -0.25) is 4.79 Å². The lowest BCUT2D eigenvalue weighted by Crippen LogP contribution is -2.24. The van der Waals surface area contributed by atoms with Crippen LogP contribution in [0.4, 0.5) is 5.69 Å². The fourth-order valence-electron chi connectivity index (χ4n) is 3.31. The Hall–Kier alpha value is -2.88. The molecule has 2 aromatic heterocycles. The highest BCUT2D eigenvalue weighted by atomic mass is 32.1. The van der Waals surface area contributed by atoms with E-state index in [1.165, 1.54) is 5.56 Å². The number of anilines is 1. The smallest absolute Gasteiger partial charge is 0.229 e. The highest BCUT2D eigenvalue weighted by molar-refractivity contribution is 7.13. The second kappa shape index (κ2) is 7.39. The van der Waals surface area contributed by atoms with E-state index in [-0.39, 0.29) is 18.6 Å². The third-order valence-electron chi connectivity index (χ3n) is 4.64. The summed E-state index contributed by atoms with van der Waals surface area (Å²) in [6.07, 6.45) is 4.16. The van der Waals surface area contributed by atoms with Crippen molar-refractivity contribution in [2.24, 2.45) is 0 Å². The largest absolute Gasteiger partial charge is 0.384 e. The van der Waals surface area contributed by atoms with Crippen LogP contribution in [-0.4, -0.2) is 33.7 Å². The zero-order valence-electron chi connectivity index (χ0n) is 14.9. The van der Waals surface area contributed by atoms with Crippen LogP contribution in [0.2, 0.25) is 0 Å². The number of carbonyl (C=O) groups excluding carboxylic acids is 1. The maximum atomic E-state index is 12.6. The van der Waals surface area contributed by atoms with Gasteiger partial charge in [0.1, 0.15) is 12.4 Å². The molecule has 5 nitrogen and oxygen atoms in total. The van der Waals surface area contributed by atoms with E-state index in [1.807, 2.05) is 53.7 Å². The van der Waals surface area contributed by atoms with Crippen LogP contribution >= 0.6 is 11.3 Å². The van der Waals surface area contributed by atoms with Crippen molar-refractivity contribution in [3.05, 3.63) is 59.2 Å². The Labute approximate surface area is 161 Å². The fraction of sp³-hybridized carbons (Fsp3) is 0.238. The van der Waals surface area contributed by atoms with Crippen LogP contribution in [0.15, 0.2) is 48.1 Å². The lowest BCUT2D eigenvalue weighted by atomic mass is 10.2. The molecule has 3 heterocycles. The predicted octanol–water partition coefficient (Wildman–Crippen LogP) is 3.24. The van der Waals surface area contributed by atoms with Gasteiger partial charge in [-0.2, -0.15) is 0 Å². The number of aromatic nitrogens is 2. The highest BCUT2D eigenvalue weighted by Gasteiger charge is 2.32. The van der Waals surface area contributed by atoms with Crippen LogP contribution in [0, 0.1) is 18.8 Å². The van der Waals surface area contributed by atoms with E-state index in [4.69, 9.17) is 5.11 Å². The minimum atomic E-state index is -0.154. The lowest BCUT2D eigenvalue weighted by Gasteiger charge is -2.18. The van der Waals surface area contributed by atoms with Gasteiger partial charge in [0.05, 0.1) is 10.9 Å². The second-order valence-corrected chi connectivity index (χ2v) is 7.43. The van der Waals surface area contributed by atoms with Gasteiger partial charge in [-0.25, -0.2) is 4.98 Å². The molecule has 1 fully saturated rings. The molecule has 4 rings (SSSR count). The standard InChI is InChI=1S/C21H19N3O2S/c1-15-4-6-17(7-5-15)24-13-18(12-20(24)26)23-9-8-22-21(23)19-11-16(14-27-19)3-2-10-25/h4-9,11,14,18,25H,10,12-13H2,1H3/t18-/m0/s1. The van der Waals surface area contributed by atoms with Gasteiger partial charge in [-0.15, -0.1) is 11.3 Å². The Morgan fingerprint density at radius 1 is 1.33 bits per heavy atom. The summed E-state index contributed by atoms with van der Waals surface area (Å²) < 4.78 is 2.08. The van der Waals surface area contributed by atoms with Crippen molar-refractivity contribution in [3.8, 4) is 22.5 Å². The number of hydrogen-bond donors (Lipinski definition) is 1. The van der Waals surface area contributed by atoms with Crippen LogP contribution in [-0.2, 0) is 4.79 Å². The third kappa shape index (κ3) is 3.52. The Kier molecular flexibility index (Phi) is 4.80. The monoisotopic (exact) mass is 377 g/mol. The van der Waals surface area contributed by atoms with Gasteiger partial charge >= 0.3 is 0 Å². The number of aliphatic hydroxyl groups excluding tert-OH is 1. The molecule has 1 aliphatic rings. The first-order valence-electron chi connectivity index (χ1n) is 8.74. The normalized spacial score (nSPS) is 16.4. The summed E-state index contributed by atoms with van der Waals surface area (Å²) in [5.74, 6) is 6.55. The Morgan fingerprint density at radius 2 is 2.15 bits per heavy atom. The van der Waals surface area contributed by atoms with Crippen molar-refractivity contribution in [2.75, 3.05) is 18.1 Å². The first-order valence-corrected chi connectivity index (χ1v) is 9.62. The van der Waals surface area contributed by atoms with E-state index in [9.17, 15) is 4.79 Å². The molecular formula is C21H19N3O2S. The minimum absolute atomic E-state index is 0.0466. The topological polar surface area (TPSA) is 58.4 Å². The maximum Gasteiger partial charge on any atom is 0.229 e. The molecular weight excluding hydrogens is 358 g/mol. The average molecular weight is 377 g/mol. The van der Waals surface area contributed by atoms with Gasteiger partial charge in [0.2, 0.25) is 5.91 Å². The van der Waals surface area contributed by atoms with Crippen LogP contribution in [0.25, 0.3) is 10.7 Å². The van der Waals surface area contributed by atoms with Gasteiger partial charge in [0, 0.05) is 42.0 Å². The number of carbonyl (C=O) groups is 1. The second-order valence-electron chi connectivity index (χ2n) is 6.52. The number of aryl methyl sites for hydroxylation is 1. The molecule has 136 valence electrons. The summed E-state index contributed by atoms with van der Waals surface area (Å²) in [7, 11) is 0. The number of imidazole rings is 1. The Morgan fingerprint density at radius 3 is 2.93 bits per heavy atom. The van der Waals surface area contributed by atoms with Crippen LogP contribution in [0.3, 0.4) is 0 Å². The lowest BCUT2D eigenvalue weighted by molar-refractivity contribution is -0.117. The first-order chi connectivity index (χ1) is 13.2. The van der Waals surface area contributed by atoms with Gasteiger partial charge in [0.25, 0.3) is 0 Å². The summed E-state index contributed by atoms with van der Waals surface area (Å²) in [4.78, 5) is 19.9. The number of rotatable bonds is 3. The molecule has 3 aromatic rings. The van der Waals surface area contributed by atoms with Crippen molar-refractivity contribution in [3.63, 3.8) is 0 Å². The third-order valence-corrected chi connectivity index (χ3v) is 5.57. The van der Waals surface area contributed by atoms with Crippen molar-refractivity contribution >= 4 is 22.9 Å². The molecule has 1 aromatic carbocycles. The van der Waals surface area contributed by atoms with E-state index in [1.54, 1.807) is 17.5 Å². The molecule has 1 amide bonds. The zero-order chi connectivity index (χ0) is 18.8. The van der Waals surface area contributed by atoms with Crippen molar-refractivity contribution in [1.82, 2.24) is 9.55 Å². The van der Waals surface area contributed by atoms with Gasteiger partial charge in [-0.1, -0.05) is 29.5 Å². The van der Waals surface area contributed by atoms with Crippen molar-refractivity contribution < 1.29 is 9.90 Å². The summed E-state index contributed by atoms with van der Waals surface area (Å²) >= 11 is 1.56. The molecule has 0 unspecified atom stereocenters. The first kappa shape index (κ1) is 17.5. The Balaban J connectivity index is 1.59. The number of benzene rings is 1. The van der Waals surface area contributed by atoms with Crippen LogP contribution < -0.4 is 4.90 Å². The molecule has 1 aliphatic heterocycles. The molecule has 0 bridgehead atoms. The summed E-state index contributed by atoms with van der Waals surface area (Å²) in [5, 5.41) is 10.8. The molecule has 1 N–H and O–H groups in total. The quantitative estimate of drug-likeness (QED) is 0.713. The highest BCUT2D eigenvalue weighted by Crippen LogP contribution is 2.33. The van der Waals surface area contributed by atoms with Crippen LogP contribution in [0.5, 0.6) is 0 Å². The molecule has 1 saturated heterocycles. The molecule has 0 radical (unpaired) electrons. The van der Waals surface area contributed by atoms with E-state index in [0.717, 1.165) is 22.0 Å². The zero-order valence-corrected chi connectivity index (χ0v) is 15.7. The number of aliphatic hydroxyl groups is 1. The van der Waals surface area contributed by atoms with E-state index in [2.05, 4.69) is 21.4 Å². The number of thiophene rings is 1. The predicted molar refractivity (Wildman–Crippen MR) is 107 cm³/mol. The Bertz CT molecular complexity index is 1020. The molecule has 0 saturated carbocycles. The van der Waals surface area contributed by atoms with E-state index >= 15 is 0 Å². The summed E-state index contributed by atoms with van der Waals surface area (Å²) in [6.45, 7) is 2.52. The van der Waals surface area contributed by atoms with E-state index < -0.39 is 0 Å². The summed E-state index contributed by atoms with van der Waals surface area (Å²) in [5.41, 5.74) is 2.98. The van der Waals surface area contributed by atoms with Crippen LogP contribution in [0.1, 0.15) is 23.6 Å². The SMILES string of the molecule is Cc1ccc(N2C[C@@H](n3ccnc3-c3cc(C#CCO)cs3)CC2=O)cc1. The molecule has 27 heavy (non-hydrogen) atoms. The van der Waals surface area contributed by atoms with E-state index in [0.29, 0.717) is 13.0 Å². The molecule has 0 spiro atoms. The number of nitrogens with zero attached hydrogens (tertiary/aromatic N) is 3. The maximum absolute atomic E-state index is 12.6. The summed E-state index contributed by atoms with van der Waals surface area (Å²) in [6, 6.07) is 10.1.